The molecular formula is C25H39N. The normalized spacial score (nSPS) is 22.3. The number of aliphatic imine (C=N–C) groups is 1. The van der Waals surface area contributed by atoms with Crippen LogP contribution in [0.5, 0.6) is 0 Å². The smallest absolute Gasteiger partial charge is 0.0658 e. The lowest BCUT2D eigenvalue weighted by molar-refractivity contribution is 0.451. The van der Waals surface area contributed by atoms with Gasteiger partial charge in [-0.2, -0.15) is 0 Å². The average Bonchev–Trinajstić information content (AvgIpc) is 2.56. The number of rotatable bonds is 3. The zero-order chi connectivity index (χ0) is 18.2. The van der Waals surface area contributed by atoms with Gasteiger partial charge in [0.25, 0.3) is 0 Å². The fourth-order valence-electron chi connectivity index (χ4n) is 5.00. The van der Waals surface area contributed by atoms with E-state index in [1.807, 2.05) is 0 Å². The molecule has 0 amide bonds. The third kappa shape index (κ3) is 5.69. The molecule has 2 saturated carbocycles. The van der Waals surface area contributed by atoms with Gasteiger partial charge in [-0.15, -0.1) is 0 Å². The van der Waals surface area contributed by atoms with Crippen molar-refractivity contribution in [3.05, 3.63) is 29.3 Å². The van der Waals surface area contributed by atoms with Gasteiger partial charge in [-0.05, 0) is 68.6 Å². The molecule has 0 saturated heterocycles. The molecule has 2 aliphatic carbocycles. The summed E-state index contributed by atoms with van der Waals surface area (Å²) in [5.41, 5.74) is 5.51. The van der Waals surface area contributed by atoms with Crippen molar-refractivity contribution in [2.24, 2.45) is 10.9 Å². The Kier molecular flexibility index (Phi) is 7.77. The molecule has 0 aromatic heterocycles. The molecular weight excluding hydrogens is 314 g/mol. The predicted octanol–water partition coefficient (Wildman–Crippen LogP) is 8.28. The second kappa shape index (κ2) is 10.3. The molecule has 0 spiro atoms. The summed E-state index contributed by atoms with van der Waals surface area (Å²) in [6.45, 7) is 4.53. The van der Waals surface area contributed by atoms with E-state index >= 15 is 0 Å². The Morgan fingerprint density at radius 3 is 1.88 bits per heavy atom. The Morgan fingerprint density at radius 2 is 1.31 bits per heavy atom. The largest absolute Gasteiger partial charge is 0.258 e. The molecule has 1 aromatic rings. The first kappa shape index (κ1) is 19.6. The van der Waals surface area contributed by atoms with E-state index in [-0.39, 0.29) is 0 Å². The summed E-state index contributed by atoms with van der Waals surface area (Å²) in [7, 11) is 0. The SMILES string of the molecule is C/C(=N\c1ccc(C2CCCCCCC2)cc1C)C1CCCCCCC1. The molecule has 0 atom stereocenters. The van der Waals surface area contributed by atoms with Gasteiger partial charge in [0.2, 0.25) is 0 Å². The quantitative estimate of drug-likeness (QED) is 0.485. The first-order chi connectivity index (χ1) is 12.7. The predicted molar refractivity (Wildman–Crippen MR) is 115 cm³/mol. The van der Waals surface area contributed by atoms with Crippen LogP contribution in [-0.2, 0) is 0 Å². The van der Waals surface area contributed by atoms with Gasteiger partial charge in [-0.3, -0.25) is 4.99 Å². The summed E-state index contributed by atoms with van der Waals surface area (Å²) in [4.78, 5) is 5.09. The van der Waals surface area contributed by atoms with E-state index in [0.29, 0.717) is 5.92 Å². The molecule has 0 bridgehead atoms. The van der Waals surface area contributed by atoms with Crippen LogP contribution in [0, 0.1) is 12.8 Å². The molecule has 0 N–H and O–H groups in total. The van der Waals surface area contributed by atoms with Gasteiger partial charge in [0.1, 0.15) is 0 Å². The van der Waals surface area contributed by atoms with Crippen molar-refractivity contribution in [1.82, 2.24) is 0 Å². The summed E-state index contributed by atoms with van der Waals surface area (Å²) < 4.78 is 0. The van der Waals surface area contributed by atoms with Gasteiger partial charge in [-0.1, -0.05) is 76.3 Å². The van der Waals surface area contributed by atoms with E-state index in [1.54, 1.807) is 5.56 Å². The monoisotopic (exact) mass is 353 g/mol. The molecule has 2 fully saturated rings. The van der Waals surface area contributed by atoms with E-state index in [0.717, 1.165) is 5.92 Å². The van der Waals surface area contributed by atoms with Crippen molar-refractivity contribution in [1.29, 1.82) is 0 Å². The Labute approximate surface area is 161 Å². The Hall–Kier alpha value is -1.11. The fourth-order valence-corrected chi connectivity index (χ4v) is 5.00. The Bertz CT molecular complexity index is 570. The van der Waals surface area contributed by atoms with Crippen LogP contribution in [0.15, 0.2) is 23.2 Å². The van der Waals surface area contributed by atoms with E-state index in [1.165, 1.54) is 107 Å². The van der Waals surface area contributed by atoms with E-state index in [9.17, 15) is 0 Å². The van der Waals surface area contributed by atoms with Gasteiger partial charge in [0.05, 0.1) is 5.69 Å². The standard InChI is InChI=1S/C25H39N/c1-20-19-24(23-15-11-7-4-8-12-16-23)17-18-25(20)26-21(2)22-13-9-5-3-6-10-14-22/h17-19,22-23H,3-16H2,1-2H3/b26-21+. The second-order valence-corrected chi connectivity index (χ2v) is 8.88. The number of hydrogen-bond donors (Lipinski definition) is 0. The van der Waals surface area contributed by atoms with Crippen LogP contribution < -0.4 is 0 Å². The summed E-state index contributed by atoms with van der Waals surface area (Å²) >= 11 is 0. The van der Waals surface area contributed by atoms with Gasteiger partial charge in [0.15, 0.2) is 0 Å². The molecule has 3 rings (SSSR count). The highest BCUT2D eigenvalue weighted by atomic mass is 14.8. The highest BCUT2D eigenvalue weighted by Gasteiger charge is 2.16. The molecule has 1 heteroatoms. The summed E-state index contributed by atoms with van der Waals surface area (Å²) in [5.74, 6) is 1.48. The minimum Gasteiger partial charge on any atom is -0.258 e. The van der Waals surface area contributed by atoms with Crippen LogP contribution in [0.1, 0.15) is 114 Å². The van der Waals surface area contributed by atoms with Crippen LogP contribution in [0.2, 0.25) is 0 Å². The molecule has 26 heavy (non-hydrogen) atoms. The van der Waals surface area contributed by atoms with Gasteiger partial charge in [0, 0.05) is 5.71 Å². The van der Waals surface area contributed by atoms with Crippen LogP contribution in [0.4, 0.5) is 5.69 Å². The summed E-state index contributed by atoms with van der Waals surface area (Å²) in [6, 6.07) is 7.12. The molecule has 1 aromatic carbocycles. The maximum atomic E-state index is 5.09. The zero-order valence-electron chi connectivity index (χ0n) is 17.2. The first-order valence-corrected chi connectivity index (χ1v) is 11.4. The maximum absolute atomic E-state index is 5.09. The lowest BCUT2D eigenvalue weighted by Gasteiger charge is -2.21. The van der Waals surface area contributed by atoms with Crippen LogP contribution in [0.25, 0.3) is 0 Å². The van der Waals surface area contributed by atoms with E-state index < -0.39 is 0 Å². The molecule has 0 aliphatic heterocycles. The number of benzene rings is 1. The van der Waals surface area contributed by atoms with Gasteiger partial charge in [-0.25, -0.2) is 0 Å². The Morgan fingerprint density at radius 1 is 0.769 bits per heavy atom. The summed E-state index contributed by atoms with van der Waals surface area (Å²) in [5, 5.41) is 0. The van der Waals surface area contributed by atoms with Crippen molar-refractivity contribution >= 4 is 11.4 Å². The van der Waals surface area contributed by atoms with Crippen molar-refractivity contribution in [2.45, 2.75) is 110 Å². The maximum Gasteiger partial charge on any atom is 0.0658 e. The average molecular weight is 354 g/mol. The molecule has 0 radical (unpaired) electrons. The number of aryl methyl sites for hydroxylation is 1. The third-order valence-corrected chi connectivity index (χ3v) is 6.79. The molecule has 2 aliphatic rings. The molecule has 0 heterocycles. The lowest BCUT2D eigenvalue weighted by Crippen LogP contribution is -2.13. The van der Waals surface area contributed by atoms with Crippen molar-refractivity contribution in [3.63, 3.8) is 0 Å². The van der Waals surface area contributed by atoms with Crippen molar-refractivity contribution in [3.8, 4) is 0 Å². The lowest BCUT2D eigenvalue weighted by atomic mass is 9.85. The zero-order valence-corrected chi connectivity index (χ0v) is 17.2. The van der Waals surface area contributed by atoms with Crippen LogP contribution in [-0.4, -0.2) is 5.71 Å². The van der Waals surface area contributed by atoms with Crippen molar-refractivity contribution < 1.29 is 0 Å². The highest BCUT2D eigenvalue weighted by Crippen LogP contribution is 2.34. The fraction of sp³-hybridized carbons (Fsp3) is 0.720. The van der Waals surface area contributed by atoms with E-state index in [2.05, 4.69) is 32.0 Å². The van der Waals surface area contributed by atoms with Gasteiger partial charge >= 0.3 is 0 Å². The molecule has 0 unspecified atom stereocenters. The third-order valence-electron chi connectivity index (χ3n) is 6.79. The van der Waals surface area contributed by atoms with E-state index in [4.69, 9.17) is 4.99 Å². The topological polar surface area (TPSA) is 12.4 Å². The van der Waals surface area contributed by atoms with Crippen LogP contribution >= 0.6 is 0 Å². The minimum atomic E-state index is 0.708. The number of hydrogen-bond acceptors (Lipinski definition) is 1. The first-order valence-electron chi connectivity index (χ1n) is 11.4. The van der Waals surface area contributed by atoms with Crippen LogP contribution in [0.3, 0.4) is 0 Å². The molecule has 144 valence electrons. The minimum absolute atomic E-state index is 0.708. The molecule has 1 nitrogen and oxygen atoms in total. The summed E-state index contributed by atoms with van der Waals surface area (Å²) in [6.07, 6.45) is 19.6. The number of nitrogens with zero attached hydrogens (tertiary/aromatic N) is 1. The second-order valence-electron chi connectivity index (χ2n) is 8.88. The van der Waals surface area contributed by atoms with Crippen molar-refractivity contribution in [2.75, 3.05) is 0 Å². The Balaban J connectivity index is 1.69. The van der Waals surface area contributed by atoms with Gasteiger partial charge < -0.3 is 0 Å². The highest BCUT2D eigenvalue weighted by molar-refractivity contribution is 5.87.